The summed E-state index contributed by atoms with van der Waals surface area (Å²) in [6.45, 7) is 0. The maximum Gasteiger partial charge on any atom is 0.227 e. The van der Waals surface area contributed by atoms with Gasteiger partial charge in [-0.1, -0.05) is 12.1 Å². The average Bonchev–Trinajstić information content (AvgIpc) is 3.26. The number of nitrogens with one attached hydrogen (secondary N) is 3. The lowest BCUT2D eigenvalue weighted by Gasteiger charge is -2.06. The molecular weight excluding hydrogens is 442 g/mol. The second-order valence-corrected chi connectivity index (χ2v) is 8.69. The normalized spacial score (nSPS) is 13.5. The number of amides is 1. The van der Waals surface area contributed by atoms with Gasteiger partial charge in [0.1, 0.15) is 5.52 Å². The first-order valence-corrected chi connectivity index (χ1v) is 11.4. The van der Waals surface area contributed by atoms with Crippen molar-refractivity contribution in [1.82, 2.24) is 30.1 Å². The van der Waals surface area contributed by atoms with Gasteiger partial charge in [-0.05, 0) is 43.2 Å². The summed E-state index contributed by atoms with van der Waals surface area (Å²) in [5, 5.41) is 10.5. The van der Waals surface area contributed by atoms with E-state index in [1.807, 2.05) is 42.5 Å². The first kappa shape index (κ1) is 19.7. The van der Waals surface area contributed by atoms with Gasteiger partial charge in [-0.25, -0.2) is 9.97 Å². The van der Waals surface area contributed by atoms with Gasteiger partial charge in [-0.3, -0.25) is 14.9 Å². The molecule has 0 saturated heterocycles. The number of anilines is 1. The van der Waals surface area contributed by atoms with E-state index in [2.05, 4.69) is 25.5 Å². The predicted molar refractivity (Wildman–Crippen MR) is 131 cm³/mol. The highest BCUT2D eigenvalue weighted by Gasteiger charge is 2.29. The number of carbonyl (C=O) groups excluding carboxylic acids is 1. The van der Waals surface area contributed by atoms with Crippen LogP contribution in [-0.2, 0) is 4.79 Å². The van der Waals surface area contributed by atoms with Gasteiger partial charge in [-0.2, -0.15) is 5.10 Å². The molecule has 1 fully saturated rings. The topological polar surface area (TPSA) is 125 Å². The van der Waals surface area contributed by atoms with Crippen LogP contribution in [-0.4, -0.2) is 36.0 Å². The number of fused-ring (bicyclic) bond motifs is 2. The van der Waals surface area contributed by atoms with Crippen molar-refractivity contribution in [3.63, 3.8) is 0 Å². The minimum atomic E-state index is 0.0455. The number of pyridine rings is 2. The highest BCUT2D eigenvalue weighted by molar-refractivity contribution is 5.97. The molecule has 0 unspecified atom stereocenters. The van der Waals surface area contributed by atoms with E-state index >= 15 is 0 Å². The van der Waals surface area contributed by atoms with Crippen LogP contribution in [0.5, 0.6) is 0 Å². The van der Waals surface area contributed by atoms with Crippen molar-refractivity contribution < 1.29 is 9.21 Å². The number of H-pyrrole nitrogens is 2. The SMILES string of the molecule is O=C(Nc1cncc(-c2ccc3[nH]nc(-c4nc5c(-c6ccoc6)cccc5[nH]4)c3n2)c1)C1CC1. The minimum absolute atomic E-state index is 0.0455. The van der Waals surface area contributed by atoms with E-state index in [1.165, 1.54) is 0 Å². The highest BCUT2D eigenvalue weighted by Crippen LogP contribution is 2.33. The molecule has 5 heterocycles. The Morgan fingerprint density at radius 3 is 2.80 bits per heavy atom. The molecular formula is C26H19N7O2. The summed E-state index contributed by atoms with van der Waals surface area (Å²) in [6.07, 6.45) is 8.64. The number of carbonyl (C=O) groups is 1. The standard InChI is InChI=1S/C26H19N7O2/c34-26(14-4-5-14)28-17-10-16(11-27-12-17)19-6-7-21-23(29-19)24(33-32-21)25-30-20-3-1-2-18(22(20)31-25)15-8-9-35-13-15/h1-3,6-14H,4-5H2,(H,28,34)(H,30,31)(H,32,33). The Kier molecular flexibility index (Phi) is 4.28. The van der Waals surface area contributed by atoms with E-state index in [0.717, 1.165) is 51.8 Å². The van der Waals surface area contributed by atoms with Gasteiger partial charge in [0, 0.05) is 28.8 Å². The van der Waals surface area contributed by atoms with Crippen LogP contribution in [0.2, 0.25) is 0 Å². The fourth-order valence-corrected chi connectivity index (χ4v) is 4.26. The number of rotatable bonds is 5. The number of imidazole rings is 1. The summed E-state index contributed by atoms with van der Waals surface area (Å²) < 4.78 is 5.26. The van der Waals surface area contributed by atoms with Crippen molar-refractivity contribution in [3.05, 3.63) is 67.4 Å². The number of nitrogens with zero attached hydrogens (tertiary/aromatic N) is 4. The molecule has 6 aromatic rings. The second kappa shape index (κ2) is 7.63. The Balaban J connectivity index is 1.29. The van der Waals surface area contributed by atoms with Gasteiger partial charge < -0.3 is 14.7 Å². The number of benzene rings is 1. The third kappa shape index (κ3) is 3.45. The third-order valence-corrected chi connectivity index (χ3v) is 6.23. The molecule has 170 valence electrons. The fraction of sp³-hybridized carbons (Fsp3) is 0.115. The molecule has 35 heavy (non-hydrogen) atoms. The number of hydrogen-bond donors (Lipinski definition) is 3. The zero-order valence-corrected chi connectivity index (χ0v) is 18.4. The lowest BCUT2D eigenvalue weighted by Crippen LogP contribution is -2.13. The molecule has 0 bridgehead atoms. The van der Waals surface area contributed by atoms with Crippen molar-refractivity contribution in [1.29, 1.82) is 0 Å². The average molecular weight is 461 g/mol. The first-order valence-electron chi connectivity index (χ1n) is 11.4. The smallest absolute Gasteiger partial charge is 0.227 e. The molecule has 0 spiro atoms. The van der Waals surface area contributed by atoms with E-state index in [0.29, 0.717) is 22.7 Å². The summed E-state index contributed by atoms with van der Waals surface area (Å²) in [4.78, 5) is 29.6. The summed E-state index contributed by atoms with van der Waals surface area (Å²) in [7, 11) is 0. The molecule has 5 aromatic heterocycles. The Morgan fingerprint density at radius 1 is 1.00 bits per heavy atom. The van der Waals surface area contributed by atoms with Crippen LogP contribution in [0.1, 0.15) is 12.8 Å². The summed E-state index contributed by atoms with van der Waals surface area (Å²) >= 11 is 0. The maximum atomic E-state index is 12.2. The van der Waals surface area contributed by atoms with Gasteiger partial charge in [0.15, 0.2) is 11.5 Å². The molecule has 1 aliphatic carbocycles. The zero-order valence-electron chi connectivity index (χ0n) is 18.4. The highest BCUT2D eigenvalue weighted by atomic mass is 16.3. The van der Waals surface area contributed by atoms with Gasteiger partial charge in [-0.15, -0.1) is 0 Å². The molecule has 1 saturated carbocycles. The molecule has 9 heteroatoms. The molecule has 1 aliphatic rings. The monoisotopic (exact) mass is 461 g/mol. The lowest BCUT2D eigenvalue weighted by molar-refractivity contribution is -0.117. The van der Waals surface area contributed by atoms with Crippen LogP contribution in [0, 0.1) is 5.92 Å². The fourth-order valence-electron chi connectivity index (χ4n) is 4.26. The zero-order chi connectivity index (χ0) is 23.4. The van der Waals surface area contributed by atoms with Crippen LogP contribution >= 0.6 is 0 Å². The molecule has 0 aliphatic heterocycles. The van der Waals surface area contributed by atoms with Crippen molar-refractivity contribution in [2.45, 2.75) is 12.8 Å². The van der Waals surface area contributed by atoms with E-state index in [4.69, 9.17) is 14.4 Å². The van der Waals surface area contributed by atoms with E-state index in [-0.39, 0.29) is 11.8 Å². The van der Waals surface area contributed by atoms with Crippen LogP contribution in [0.15, 0.2) is 71.8 Å². The number of para-hydroxylation sites is 1. The van der Waals surface area contributed by atoms with E-state index in [9.17, 15) is 4.79 Å². The second-order valence-electron chi connectivity index (χ2n) is 8.69. The maximum absolute atomic E-state index is 12.2. The Hall–Kier alpha value is -4.79. The molecule has 1 aromatic carbocycles. The number of aromatic nitrogens is 6. The predicted octanol–water partition coefficient (Wildman–Crippen LogP) is 5.17. The minimum Gasteiger partial charge on any atom is -0.472 e. The van der Waals surface area contributed by atoms with Crippen molar-refractivity contribution >= 4 is 33.7 Å². The van der Waals surface area contributed by atoms with Gasteiger partial charge in [0.05, 0.1) is 46.7 Å². The molecule has 9 nitrogen and oxygen atoms in total. The molecule has 1 amide bonds. The summed E-state index contributed by atoms with van der Waals surface area (Å²) in [5.41, 5.74) is 7.98. The van der Waals surface area contributed by atoms with Gasteiger partial charge >= 0.3 is 0 Å². The van der Waals surface area contributed by atoms with Crippen LogP contribution in [0.4, 0.5) is 5.69 Å². The van der Waals surface area contributed by atoms with E-state index in [1.54, 1.807) is 24.9 Å². The van der Waals surface area contributed by atoms with Crippen molar-refractivity contribution in [3.8, 4) is 33.9 Å². The molecule has 0 atom stereocenters. The summed E-state index contributed by atoms with van der Waals surface area (Å²) in [5.74, 6) is 0.791. The molecule has 7 rings (SSSR count). The molecule has 3 N–H and O–H groups in total. The quantitative estimate of drug-likeness (QED) is 0.325. The van der Waals surface area contributed by atoms with Crippen LogP contribution in [0.25, 0.3) is 56.0 Å². The Morgan fingerprint density at radius 2 is 1.94 bits per heavy atom. The van der Waals surface area contributed by atoms with Crippen molar-refractivity contribution in [2.75, 3.05) is 5.32 Å². The lowest BCUT2D eigenvalue weighted by atomic mass is 10.1. The number of aromatic amines is 2. The van der Waals surface area contributed by atoms with Gasteiger partial charge in [0.2, 0.25) is 5.91 Å². The van der Waals surface area contributed by atoms with Crippen LogP contribution < -0.4 is 5.32 Å². The number of hydrogen-bond acceptors (Lipinski definition) is 6. The third-order valence-electron chi connectivity index (χ3n) is 6.23. The van der Waals surface area contributed by atoms with Crippen LogP contribution in [0.3, 0.4) is 0 Å². The largest absolute Gasteiger partial charge is 0.472 e. The van der Waals surface area contributed by atoms with E-state index < -0.39 is 0 Å². The first-order chi connectivity index (χ1) is 17.2. The number of furan rings is 1. The molecule has 0 radical (unpaired) electrons. The summed E-state index contributed by atoms with van der Waals surface area (Å²) in [6, 6.07) is 13.6. The van der Waals surface area contributed by atoms with Crippen molar-refractivity contribution in [2.24, 2.45) is 5.92 Å². The Labute approximate surface area is 198 Å². The Bertz CT molecular complexity index is 1710. The van der Waals surface area contributed by atoms with Gasteiger partial charge in [0.25, 0.3) is 0 Å².